The molecular formula is C27H26N2O6. The number of Topliss-reactive ketones (excluding diaryl/α,β-unsaturated/α-hetero) is 2. The monoisotopic (exact) mass is 474 g/mol. The maximum Gasteiger partial charge on any atom is 0.340 e. The number of aromatic nitrogens is 1. The van der Waals surface area contributed by atoms with Crippen LogP contribution in [0.1, 0.15) is 54.9 Å². The predicted molar refractivity (Wildman–Crippen MR) is 132 cm³/mol. The number of rotatable bonds is 9. The summed E-state index contributed by atoms with van der Waals surface area (Å²) in [5.74, 6) is -1.11. The molecule has 0 radical (unpaired) electrons. The molecule has 8 nitrogen and oxygen atoms in total. The van der Waals surface area contributed by atoms with Gasteiger partial charge in [0.25, 0.3) is 0 Å². The average molecular weight is 475 g/mol. The molecule has 1 heterocycles. The van der Waals surface area contributed by atoms with Gasteiger partial charge in [-0.25, -0.2) is 4.79 Å². The third-order valence-corrected chi connectivity index (χ3v) is 5.35. The van der Waals surface area contributed by atoms with Gasteiger partial charge >= 0.3 is 5.97 Å². The lowest BCUT2D eigenvalue weighted by atomic mass is 10.1. The zero-order valence-electron chi connectivity index (χ0n) is 19.9. The summed E-state index contributed by atoms with van der Waals surface area (Å²) in [6, 6.07) is 13.5. The molecular weight excluding hydrogens is 448 g/mol. The smallest absolute Gasteiger partial charge is 0.340 e. The van der Waals surface area contributed by atoms with Crippen molar-refractivity contribution in [1.29, 1.82) is 0 Å². The molecule has 3 rings (SSSR count). The van der Waals surface area contributed by atoms with Gasteiger partial charge in [0.05, 0.1) is 24.1 Å². The Balaban J connectivity index is 1.66. The Labute approximate surface area is 203 Å². The van der Waals surface area contributed by atoms with Gasteiger partial charge in [-0.2, -0.15) is 0 Å². The summed E-state index contributed by atoms with van der Waals surface area (Å²) in [5, 5.41) is 2.66. The number of hydrogen-bond donors (Lipinski definition) is 2. The van der Waals surface area contributed by atoms with Crippen LogP contribution in [0.2, 0.25) is 0 Å². The number of H-pyrrole nitrogens is 1. The maximum atomic E-state index is 12.7. The van der Waals surface area contributed by atoms with Crippen molar-refractivity contribution >= 4 is 35.2 Å². The minimum Gasteiger partial charge on any atom is -0.497 e. The molecule has 1 amide bonds. The van der Waals surface area contributed by atoms with E-state index in [9.17, 15) is 19.2 Å². The molecule has 0 aliphatic carbocycles. The summed E-state index contributed by atoms with van der Waals surface area (Å²) in [5.41, 5.74) is 2.94. The number of para-hydroxylation sites is 1. The summed E-state index contributed by atoms with van der Waals surface area (Å²) in [4.78, 5) is 52.4. The van der Waals surface area contributed by atoms with Crippen LogP contribution in [0.15, 0.2) is 54.6 Å². The molecule has 0 saturated heterocycles. The fourth-order valence-electron chi connectivity index (χ4n) is 3.67. The molecule has 0 bridgehead atoms. The van der Waals surface area contributed by atoms with E-state index in [1.165, 1.54) is 19.1 Å². The second-order valence-electron chi connectivity index (χ2n) is 7.82. The minimum atomic E-state index is -0.763. The number of hydrogen-bond acceptors (Lipinski definition) is 6. The van der Waals surface area contributed by atoms with E-state index < -0.39 is 24.3 Å². The highest BCUT2D eigenvalue weighted by Gasteiger charge is 2.22. The lowest BCUT2D eigenvalue weighted by Crippen LogP contribution is -2.18. The first-order valence-electron chi connectivity index (χ1n) is 10.8. The third kappa shape index (κ3) is 6.11. The highest BCUT2D eigenvalue weighted by molar-refractivity contribution is 6.07. The maximum absolute atomic E-state index is 12.7. The first kappa shape index (κ1) is 25.2. The van der Waals surface area contributed by atoms with Crippen LogP contribution in [-0.2, 0) is 9.53 Å². The molecule has 0 saturated carbocycles. The Bertz CT molecular complexity index is 1300. The molecule has 3 aromatic rings. The number of nitrogens with one attached hydrogen (secondary N) is 2. The number of carbonyl (C=O) groups is 4. The largest absolute Gasteiger partial charge is 0.497 e. The van der Waals surface area contributed by atoms with E-state index in [0.717, 1.165) is 5.56 Å². The molecule has 0 aliphatic rings. The van der Waals surface area contributed by atoms with Crippen molar-refractivity contribution in [3.63, 3.8) is 0 Å². The fraction of sp³-hybridized carbons (Fsp3) is 0.185. The summed E-state index contributed by atoms with van der Waals surface area (Å²) < 4.78 is 10.3. The highest BCUT2D eigenvalue weighted by atomic mass is 16.5. The van der Waals surface area contributed by atoms with Crippen molar-refractivity contribution in [3.05, 3.63) is 88.2 Å². The van der Waals surface area contributed by atoms with E-state index >= 15 is 0 Å². The van der Waals surface area contributed by atoms with E-state index in [1.54, 1.807) is 69.5 Å². The first-order valence-corrected chi connectivity index (χ1v) is 10.8. The number of esters is 1. The molecule has 8 heteroatoms. The molecule has 35 heavy (non-hydrogen) atoms. The number of aryl methyl sites for hydroxylation is 1. The zero-order valence-corrected chi connectivity index (χ0v) is 19.9. The van der Waals surface area contributed by atoms with Crippen molar-refractivity contribution in [1.82, 2.24) is 4.98 Å². The van der Waals surface area contributed by atoms with E-state index in [4.69, 9.17) is 9.47 Å². The lowest BCUT2D eigenvalue weighted by molar-refractivity contribution is -0.111. The quantitative estimate of drug-likeness (QED) is 0.267. The Morgan fingerprint density at radius 2 is 1.69 bits per heavy atom. The molecule has 0 fully saturated rings. The predicted octanol–water partition coefficient (Wildman–Crippen LogP) is 4.53. The summed E-state index contributed by atoms with van der Waals surface area (Å²) in [6.45, 7) is 4.28. The van der Waals surface area contributed by atoms with Gasteiger partial charge in [-0.3, -0.25) is 14.4 Å². The number of anilines is 1. The first-order chi connectivity index (χ1) is 16.7. The van der Waals surface area contributed by atoms with Gasteiger partial charge in [-0.15, -0.1) is 0 Å². The topological polar surface area (TPSA) is 115 Å². The number of ketones is 2. The number of aromatic amines is 1. The lowest BCUT2D eigenvalue weighted by Gasteiger charge is -2.10. The van der Waals surface area contributed by atoms with Crippen molar-refractivity contribution in [2.45, 2.75) is 20.8 Å². The van der Waals surface area contributed by atoms with Crippen LogP contribution < -0.4 is 10.1 Å². The Kier molecular flexibility index (Phi) is 7.99. The number of benzene rings is 2. The molecule has 0 unspecified atom stereocenters. The van der Waals surface area contributed by atoms with E-state index in [1.807, 2.05) is 0 Å². The summed E-state index contributed by atoms with van der Waals surface area (Å²) >= 11 is 0. The van der Waals surface area contributed by atoms with Gasteiger partial charge < -0.3 is 19.8 Å². The normalized spacial score (nSPS) is 10.7. The Morgan fingerprint density at radius 1 is 1.00 bits per heavy atom. The molecule has 2 aromatic carbocycles. The second-order valence-corrected chi connectivity index (χ2v) is 7.82. The fourth-order valence-corrected chi connectivity index (χ4v) is 3.67. The summed E-state index contributed by atoms with van der Waals surface area (Å²) in [6.07, 6.45) is 2.97. The number of methoxy groups -OCH3 is 1. The molecule has 1 aromatic heterocycles. The summed E-state index contributed by atoms with van der Waals surface area (Å²) in [7, 11) is 1.57. The van der Waals surface area contributed by atoms with Crippen LogP contribution >= 0.6 is 0 Å². The average Bonchev–Trinajstić information content (AvgIpc) is 3.15. The third-order valence-electron chi connectivity index (χ3n) is 5.35. The van der Waals surface area contributed by atoms with Crippen molar-refractivity contribution in [3.8, 4) is 5.75 Å². The van der Waals surface area contributed by atoms with Crippen LogP contribution in [-0.4, -0.2) is 42.1 Å². The molecule has 0 aliphatic heterocycles. The van der Waals surface area contributed by atoms with Gasteiger partial charge in [0, 0.05) is 17.3 Å². The number of amides is 1. The van der Waals surface area contributed by atoms with Crippen LogP contribution in [0.4, 0.5) is 5.69 Å². The van der Waals surface area contributed by atoms with Gasteiger partial charge in [0.2, 0.25) is 11.7 Å². The number of carbonyl (C=O) groups excluding carboxylic acids is 4. The highest BCUT2D eigenvalue weighted by Crippen LogP contribution is 2.20. The number of ether oxygens (including phenoxy) is 2. The van der Waals surface area contributed by atoms with Crippen molar-refractivity contribution < 1.29 is 28.7 Å². The van der Waals surface area contributed by atoms with E-state index in [2.05, 4.69) is 10.3 Å². The molecule has 180 valence electrons. The van der Waals surface area contributed by atoms with Crippen LogP contribution in [0.25, 0.3) is 6.08 Å². The van der Waals surface area contributed by atoms with E-state index in [0.29, 0.717) is 22.6 Å². The standard InChI is InChI=1S/C27H26N2O6/c1-16-25(18(3)30)17(2)28-26(16)23(31)15-35-27(33)21-7-5-6-8-22(21)29-24(32)14-11-19-9-12-20(34-4)13-10-19/h5-14,28H,15H2,1-4H3,(H,29,32)/b14-11+. The van der Waals surface area contributed by atoms with Gasteiger partial charge in [-0.1, -0.05) is 24.3 Å². The Morgan fingerprint density at radius 3 is 2.31 bits per heavy atom. The second kappa shape index (κ2) is 11.1. The van der Waals surface area contributed by atoms with Crippen LogP contribution in [0.3, 0.4) is 0 Å². The van der Waals surface area contributed by atoms with E-state index in [-0.39, 0.29) is 22.7 Å². The van der Waals surface area contributed by atoms with Gasteiger partial charge in [0.15, 0.2) is 12.4 Å². The SMILES string of the molecule is COc1ccc(/C=C/C(=O)Nc2ccccc2C(=O)OCC(=O)c2[nH]c(C)c(C(C)=O)c2C)cc1. The van der Waals surface area contributed by atoms with Crippen molar-refractivity contribution in [2.75, 3.05) is 19.0 Å². The zero-order chi connectivity index (χ0) is 25.5. The molecule has 0 spiro atoms. The Hall–Kier alpha value is -4.46. The van der Waals surface area contributed by atoms with Crippen LogP contribution in [0, 0.1) is 13.8 Å². The molecule has 2 N–H and O–H groups in total. The van der Waals surface area contributed by atoms with Crippen LogP contribution in [0.5, 0.6) is 5.75 Å². The van der Waals surface area contributed by atoms with Gasteiger partial charge in [0.1, 0.15) is 5.75 Å². The molecule has 0 atom stereocenters. The van der Waals surface area contributed by atoms with Crippen molar-refractivity contribution in [2.24, 2.45) is 0 Å². The van der Waals surface area contributed by atoms with Gasteiger partial charge in [-0.05, 0) is 62.2 Å². The minimum absolute atomic E-state index is 0.107.